The molecule has 5 heteroatoms. The zero-order valence-electron chi connectivity index (χ0n) is 15.4. The van der Waals surface area contributed by atoms with E-state index < -0.39 is 0 Å². The van der Waals surface area contributed by atoms with E-state index in [2.05, 4.69) is 69.6 Å². The Hall–Kier alpha value is -2.82. The van der Waals surface area contributed by atoms with Crippen molar-refractivity contribution >= 4 is 11.5 Å². The summed E-state index contributed by atoms with van der Waals surface area (Å²) in [5.41, 5.74) is 5.58. The van der Waals surface area contributed by atoms with Gasteiger partial charge < -0.3 is 4.90 Å². The van der Waals surface area contributed by atoms with Gasteiger partial charge in [-0.2, -0.15) is 10.2 Å². The smallest absolute Gasteiger partial charge is 0.140 e. The topological polar surface area (TPSA) is 49.7 Å². The molecule has 2 aromatic heterocycles. The molecule has 26 heavy (non-hydrogen) atoms. The summed E-state index contributed by atoms with van der Waals surface area (Å²) in [5, 5.41) is 12.2. The molecule has 0 fully saturated rings. The summed E-state index contributed by atoms with van der Waals surface area (Å²) in [6, 6.07) is 10.4. The molecule has 1 aliphatic heterocycles. The molecule has 5 nitrogen and oxygen atoms in total. The lowest BCUT2D eigenvalue weighted by atomic mass is 9.96. The Bertz CT molecular complexity index is 906. The van der Waals surface area contributed by atoms with Crippen LogP contribution in [0.3, 0.4) is 0 Å². The monoisotopic (exact) mass is 347 g/mol. The van der Waals surface area contributed by atoms with E-state index >= 15 is 0 Å². The van der Waals surface area contributed by atoms with E-state index in [4.69, 9.17) is 0 Å². The van der Waals surface area contributed by atoms with Crippen LogP contribution in [0.1, 0.15) is 43.7 Å². The van der Waals surface area contributed by atoms with Gasteiger partial charge in [-0.25, -0.2) is 4.68 Å². The van der Waals surface area contributed by atoms with Gasteiger partial charge in [0.15, 0.2) is 0 Å². The zero-order valence-corrected chi connectivity index (χ0v) is 15.4. The number of fused-ring (bicyclic) bond motifs is 1. The Kier molecular flexibility index (Phi) is 4.37. The van der Waals surface area contributed by atoms with Crippen LogP contribution in [-0.2, 0) is 6.54 Å². The number of aryl methyl sites for hydroxylation is 1. The number of rotatable bonds is 5. The first-order valence-electron chi connectivity index (χ1n) is 9.32. The largest absolute Gasteiger partial charge is 0.326 e. The number of H-pyrrole nitrogens is 1. The molecule has 0 bridgehead atoms. The number of aromatic amines is 1. The molecule has 0 spiro atoms. The van der Waals surface area contributed by atoms with Crippen LogP contribution in [-0.4, -0.2) is 26.5 Å². The molecule has 4 rings (SSSR count). The first-order valence-corrected chi connectivity index (χ1v) is 9.32. The van der Waals surface area contributed by atoms with Gasteiger partial charge in [0.1, 0.15) is 5.82 Å². The zero-order chi connectivity index (χ0) is 18.1. The number of nitrogens with zero attached hydrogens (tertiary/aromatic N) is 4. The fourth-order valence-electron chi connectivity index (χ4n) is 3.64. The van der Waals surface area contributed by atoms with Crippen LogP contribution in [0.5, 0.6) is 0 Å². The van der Waals surface area contributed by atoms with Crippen LogP contribution in [0.4, 0.5) is 5.82 Å². The first kappa shape index (κ1) is 16.6. The molecule has 0 radical (unpaired) electrons. The third kappa shape index (κ3) is 2.73. The van der Waals surface area contributed by atoms with Crippen LogP contribution in [0.25, 0.3) is 17.0 Å². The molecular weight excluding hydrogens is 322 g/mol. The molecule has 134 valence electrons. The van der Waals surface area contributed by atoms with E-state index in [1.807, 2.05) is 18.5 Å². The average Bonchev–Trinajstić information content (AvgIpc) is 3.33. The second kappa shape index (κ2) is 6.83. The Morgan fingerprint density at radius 3 is 2.81 bits per heavy atom. The number of anilines is 1. The number of hydrogen-bond acceptors (Lipinski definition) is 3. The summed E-state index contributed by atoms with van der Waals surface area (Å²) in [5.74, 6) is 1.56. The van der Waals surface area contributed by atoms with Crippen molar-refractivity contribution in [2.45, 2.75) is 39.2 Å². The maximum Gasteiger partial charge on any atom is 0.140 e. The molecule has 1 N–H and O–H groups in total. The Morgan fingerprint density at radius 2 is 2.04 bits per heavy atom. The molecule has 3 heterocycles. The van der Waals surface area contributed by atoms with Crippen molar-refractivity contribution in [3.8, 4) is 11.3 Å². The van der Waals surface area contributed by atoms with Gasteiger partial charge in [-0.15, -0.1) is 0 Å². The van der Waals surface area contributed by atoms with Gasteiger partial charge >= 0.3 is 0 Å². The fraction of sp³-hybridized carbons (Fsp3) is 0.333. The second-order valence-electron chi connectivity index (χ2n) is 6.93. The summed E-state index contributed by atoms with van der Waals surface area (Å²) in [6.07, 6.45) is 6.05. The SMILES string of the molecule is C=C(c1ccccc1)N1CCCn2ncc(-c3[nH]ncc3C(C)CC)c21. The van der Waals surface area contributed by atoms with E-state index in [1.54, 1.807) is 0 Å². The highest BCUT2D eigenvalue weighted by molar-refractivity contribution is 5.85. The van der Waals surface area contributed by atoms with Crippen LogP contribution < -0.4 is 4.90 Å². The quantitative estimate of drug-likeness (QED) is 0.730. The van der Waals surface area contributed by atoms with Crippen molar-refractivity contribution in [2.24, 2.45) is 0 Å². The number of nitrogens with one attached hydrogen (secondary N) is 1. The molecule has 1 atom stereocenters. The minimum Gasteiger partial charge on any atom is -0.326 e. The molecule has 0 saturated carbocycles. The molecule has 0 saturated heterocycles. The van der Waals surface area contributed by atoms with Crippen LogP contribution >= 0.6 is 0 Å². The van der Waals surface area contributed by atoms with E-state index in [0.717, 1.165) is 54.3 Å². The van der Waals surface area contributed by atoms with Gasteiger partial charge in [0, 0.05) is 24.4 Å². The Morgan fingerprint density at radius 1 is 1.23 bits per heavy atom. The van der Waals surface area contributed by atoms with E-state index in [-0.39, 0.29) is 0 Å². The lowest BCUT2D eigenvalue weighted by molar-refractivity contribution is 0.543. The highest BCUT2D eigenvalue weighted by Gasteiger charge is 2.27. The van der Waals surface area contributed by atoms with Crippen molar-refractivity contribution in [2.75, 3.05) is 11.4 Å². The molecule has 1 aliphatic rings. The third-order valence-corrected chi connectivity index (χ3v) is 5.33. The summed E-state index contributed by atoms with van der Waals surface area (Å²) < 4.78 is 2.09. The summed E-state index contributed by atoms with van der Waals surface area (Å²) >= 11 is 0. The van der Waals surface area contributed by atoms with Crippen LogP contribution in [0, 0.1) is 0 Å². The molecule has 0 aliphatic carbocycles. The first-order chi connectivity index (χ1) is 12.7. The molecule has 3 aromatic rings. The average molecular weight is 347 g/mol. The number of aromatic nitrogens is 4. The van der Waals surface area contributed by atoms with Gasteiger partial charge in [-0.3, -0.25) is 5.10 Å². The van der Waals surface area contributed by atoms with Crippen molar-refractivity contribution in [3.05, 3.63) is 60.4 Å². The summed E-state index contributed by atoms with van der Waals surface area (Å²) in [7, 11) is 0. The van der Waals surface area contributed by atoms with E-state index in [0.29, 0.717) is 5.92 Å². The lowest BCUT2D eigenvalue weighted by Gasteiger charge is -2.32. The molecule has 1 unspecified atom stereocenters. The van der Waals surface area contributed by atoms with Crippen LogP contribution in [0.2, 0.25) is 0 Å². The van der Waals surface area contributed by atoms with Crippen molar-refractivity contribution < 1.29 is 0 Å². The van der Waals surface area contributed by atoms with Crippen molar-refractivity contribution in [3.63, 3.8) is 0 Å². The second-order valence-corrected chi connectivity index (χ2v) is 6.93. The van der Waals surface area contributed by atoms with Gasteiger partial charge in [0.05, 0.1) is 23.7 Å². The highest BCUT2D eigenvalue weighted by atomic mass is 15.4. The lowest BCUT2D eigenvalue weighted by Crippen LogP contribution is -2.31. The van der Waals surface area contributed by atoms with Gasteiger partial charge in [-0.05, 0) is 24.3 Å². The Balaban J connectivity index is 1.79. The minimum absolute atomic E-state index is 0.452. The van der Waals surface area contributed by atoms with Crippen molar-refractivity contribution in [1.29, 1.82) is 0 Å². The predicted octanol–water partition coefficient (Wildman–Crippen LogP) is 4.67. The Labute approximate surface area is 154 Å². The van der Waals surface area contributed by atoms with Gasteiger partial charge in [-0.1, -0.05) is 50.8 Å². The molecule has 1 aromatic carbocycles. The maximum atomic E-state index is 4.65. The maximum absolute atomic E-state index is 4.65. The summed E-state index contributed by atoms with van der Waals surface area (Å²) in [6.45, 7) is 10.7. The normalized spacial score (nSPS) is 14.9. The third-order valence-electron chi connectivity index (χ3n) is 5.33. The standard InChI is InChI=1S/C21H25N5/c1-4-15(2)18-13-22-24-20(18)19-14-23-26-12-8-11-25(21(19)26)16(3)17-9-6-5-7-10-17/h5-7,9-10,13-15H,3-4,8,11-12H2,1-2H3,(H,22,24). The fourth-order valence-corrected chi connectivity index (χ4v) is 3.64. The van der Waals surface area contributed by atoms with E-state index in [1.165, 1.54) is 5.56 Å². The minimum atomic E-state index is 0.452. The van der Waals surface area contributed by atoms with Gasteiger partial charge in [0.2, 0.25) is 0 Å². The van der Waals surface area contributed by atoms with Gasteiger partial charge in [0.25, 0.3) is 0 Å². The van der Waals surface area contributed by atoms with Crippen LogP contribution in [0.15, 0.2) is 49.3 Å². The number of hydrogen-bond donors (Lipinski definition) is 1. The number of benzene rings is 1. The highest BCUT2D eigenvalue weighted by Crippen LogP contribution is 2.39. The van der Waals surface area contributed by atoms with Crippen molar-refractivity contribution in [1.82, 2.24) is 20.0 Å². The summed E-state index contributed by atoms with van der Waals surface area (Å²) in [4.78, 5) is 2.29. The predicted molar refractivity (Wildman–Crippen MR) is 106 cm³/mol. The van der Waals surface area contributed by atoms with E-state index in [9.17, 15) is 0 Å². The molecular formula is C21H25N5. The molecule has 0 amide bonds.